The third-order valence-corrected chi connectivity index (χ3v) is 6.86. The summed E-state index contributed by atoms with van der Waals surface area (Å²) in [6, 6.07) is 5.61. The number of nitrogens with two attached hydrogens (primary N) is 1. The summed E-state index contributed by atoms with van der Waals surface area (Å²) < 4.78 is 49.7. The van der Waals surface area contributed by atoms with E-state index in [0.29, 0.717) is 17.5 Å². The number of pyridine rings is 2. The number of ketones is 1. The van der Waals surface area contributed by atoms with Crippen molar-refractivity contribution in [1.82, 2.24) is 9.97 Å². The smallest absolute Gasteiger partial charge is 0.185 e. The molecular weight excluding hydrogens is 471 g/mol. The molecule has 1 aliphatic carbocycles. The Hall–Kier alpha value is -3.14. The fourth-order valence-electron chi connectivity index (χ4n) is 4.83. The van der Waals surface area contributed by atoms with E-state index in [2.05, 4.69) is 9.97 Å². The Kier molecular flexibility index (Phi) is 6.63. The normalized spacial score (nSPS) is 24.1. The van der Waals surface area contributed by atoms with Crippen LogP contribution in [0.15, 0.2) is 42.7 Å². The van der Waals surface area contributed by atoms with Gasteiger partial charge in [0.15, 0.2) is 5.78 Å². The van der Waals surface area contributed by atoms with Crippen molar-refractivity contribution < 1.29 is 27.8 Å². The first kappa shape index (κ1) is 24.5. The molecule has 4 atom stereocenters. The topological polar surface area (TPSA) is 98.3 Å². The van der Waals surface area contributed by atoms with Crippen molar-refractivity contribution in [1.29, 1.82) is 0 Å². The Balaban J connectivity index is 1.42. The fraction of sp³-hybridized carbons (Fsp3) is 0.370. The van der Waals surface area contributed by atoms with Gasteiger partial charge in [-0.3, -0.25) is 9.78 Å². The molecule has 188 valence electrons. The van der Waals surface area contributed by atoms with Crippen LogP contribution in [0.4, 0.5) is 13.2 Å². The summed E-state index contributed by atoms with van der Waals surface area (Å²) in [5.41, 5.74) is 6.53. The van der Waals surface area contributed by atoms with Crippen molar-refractivity contribution in [3.63, 3.8) is 0 Å². The van der Waals surface area contributed by atoms with Crippen LogP contribution in [0.2, 0.25) is 0 Å². The van der Waals surface area contributed by atoms with Crippen molar-refractivity contribution in [3.8, 4) is 11.3 Å². The Morgan fingerprint density at radius 3 is 2.56 bits per heavy atom. The van der Waals surface area contributed by atoms with E-state index in [0.717, 1.165) is 36.6 Å². The summed E-state index contributed by atoms with van der Waals surface area (Å²) in [4.78, 5) is 21.3. The lowest BCUT2D eigenvalue weighted by Gasteiger charge is -2.39. The summed E-state index contributed by atoms with van der Waals surface area (Å²) in [7, 11) is 0. The van der Waals surface area contributed by atoms with Crippen LogP contribution in [-0.2, 0) is 11.2 Å². The summed E-state index contributed by atoms with van der Waals surface area (Å²) >= 11 is 0. The molecule has 0 spiro atoms. The van der Waals surface area contributed by atoms with Crippen molar-refractivity contribution in [2.24, 2.45) is 11.7 Å². The molecule has 6 nitrogen and oxygen atoms in total. The van der Waals surface area contributed by atoms with Gasteiger partial charge < -0.3 is 15.6 Å². The molecule has 3 aromatic rings. The van der Waals surface area contributed by atoms with Crippen LogP contribution < -0.4 is 5.73 Å². The maximum atomic E-state index is 14.5. The van der Waals surface area contributed by atoms with Crippen molar-refractivity contribution in [2.45, 2.75) is 57.0 Å². The number of hydrogen-bond donors (Lipinski definition) is 2. The number of benzene rings is 1. The molecule has 1 saturated heterocycles. The third-order valence-electron chi connectivity index (χ3n) is 6.86. The van der Waals surface area contributed by atoms with Gasteiger partial charge in [0.25, 0.3) is 0 Å². The molecule has 0 bridgehead atoms. The Bertz CT molecular complexity index is 1290. The second kappa shape index (κ2) is 9.72. The standard InChI is InChI=1S/C27H26F3N3O3/c1-13-8-18(29)24(19(30)9-13)25-17(28)4-5-21(33-25)22(34)10-15-12-32-7-6-16(15)23-11-20(31)26(35)27(36-23)14-2-3-14/h4-9,12,14,20,23,26-27,35H,2-3,10-11,31H2,1H3/t20-,23-,26+,27-/m1/s1. The molecule has 36 heavy (non-hydrogen) atoms. The van der Waals surface area contributed by atoms with Crippen molar-refractivity contribution >= 4 is 5.78 Å². The van der Waals surface area contributed by atoms with E-state index in [4.69, 9.17) is 10.5 Å². The zero-order chi connectivity index (χ0) is 25.6. The number of Topliss-reactive ketones (excluding diaryl/α,β-unsaturated/α-hetero) is 1. The van der Waals surface area contributed by atoms with Gasteiger partial charge in [-0.2, -0.15) is 0 Å². The molecule has 2 fully saturated rings. The third kappa shape index (κ3) is 4.78. The predicted molar refractivity (Wildman–Crippen MR) is 125 cm³/mol. The number of carbonyl (C=O) groups excluding carboxylic acids is 1. The highest BCUT2D eigenvalue weighted by molar-refractivity contribution is 5.96. The number of aromatic nitrogens is 2. The molecule has 5 rings (SSSR count). The van der Waals surface area contributed by atoms with Gasteiger partial charge >= 0.3 is 0 Å². The maximum absolute atomic E-state index is 14.5. The van der Waals surface area contributed by atoms with E-state index in [1.807, 2.05) is 0 Å². The van der Waals surface area contributed by atoms with Crippen LogP contribution in [0.25, 0.3) is 11.3 Å². The highest BCUT2D eigenvalue weighted by Gasteiger charge is 2.45. The van der Waals surface area contributed by atoms with Crippen LogP contribution in [0.1, 0.15) is 52.5 Å². The average molecular weight is 498 g/mol. The molecule has 1 saturated carbocycles. The zero-order valence-corrected chi connectivity index (χ0v) is 19.6. The summed E-state index contributed by atoms with van der Waals surface area (Å²) in [6.07, 6.45) is 3.79. The second-order valence-electron chi connectivity index (χ2n) is 9.62. The van der Waals surface area contributed by atoms with E-state index in [-0.39, 0.29) is 24.1 Å². The molecule has 0 amide bonds. The van der Waals surface area contributed by atoms with Crippen LogP contribution in [0, 0.1) is 30.3 Å². The lowest BCUT2D eigenvalue weighted by atomic mass is 9.88. The molecule has 0 radical (unpaired) electrons. The van der Waals surface area contributed by atoms with Gasteiger partial charge in [0.2, 0.25) is 0 Å². The highest BCUT2D eigenvalue weighted by Crippen LogP contribution is 2.43. The lowest BCUT2D eigenvalue weighted by molar-refractivity contribution is -0.137. The number of hydrogen-bond acceptors (Lipinski definition) is 6. The number of ether oxygens (including phenoxy) is 1. The number of aliphatic hydroxyl groups excluding tert-OH is 1. The molecule has 2 aliphatic rings. The Labute approximate surface area is 206 Å². The van der Waals surface area contributed by atoms with Crippen molar-refractivity contribution in [2.75, 3.05) is 0 Å². The minimum absolute atomic E-state index is 0.131. The molecule has 1 aromatic carbocycles. The molecule has 3 N–H and O–H groups in total. The van der Waals surface area contributed by atoms with Crippen LogP contribution in [-0.4, -0.2) is 39.1 Å². The number of carbonyl (C=O) groups is 1. The zero-order valence-electron chi connectivity index (χ0n) is 19.6. The van der Waals surface area contributed by atoms with Gasteiger partial charge in [0, 0.05) is 24.9 Å². The van der Waals surface area contributed by atoms with Gasteiger partial charge in [-0.05, 0) is 79.1 Å². The van der Waals surface area contributed by atoms with Gasteiger partial charge in [-0.25, -0.2) is 18.2 Å². The molecule has 0 unspecified atom stereocenters. The Morgan fingerprint density at radius 2 is 1.86 bits per heavy atom. The largest absolute Gasteiger partial charge is 0.389 e. The SMILES string of the molecule is Cc1cc(F)c(-c2nc(C(=O)Cc3cnccc3[C@H]3C[C@@H](N)[C@H](O)[C@@H](C4CC4)O3)ccc2F)c(F)c1. The maximum Gasteiger partial charge on any atom is 0.185 e. The minimum Gasteiger partial charge on any atom is -0.389 e. The van der Waals surface area contributed by atoms with Gasteiger partial charge in [-0.1, -0.05) is 0 Å². The number of aryl methyl sites for hydroxylation is 1. The van der Waals surface area contributed by atoms with Gasteiger partial charge in [-0.15, -0.1) is 0 Å². The van der Waals surface area contributed by atoms with E-state index >= 15 is 0 Å². The first-order valence-corrected chi connectivity index (χ1v) is 11.9. The molecule has 3 heterocycles. The second-order valence-corrected chi connectivity index (χ2v) is 9.62. The lowest BCUT2D eigenvalue weighted by Crippen LogP contribution is -2.50. The van der Waals surface area contributed by atoms with E-state index in [1.165, 1.54) is 13.0 Å². The first-order chi connectivity index (χ1) is 17.2. The molecule has 9 heteroatoms. The molecule has 2 aromatic heterocycles. The first-order valence-electron chi connectivity index (χ1n) is 11.9. The predicted octanol–water partition coefficient (Wildman–Crippen LogP) is 4.22. The number of halogens is 3. The number of aliphatic hydroxyl groups is 1. The fourth-order valence-corrected chi connectivity index (χ4v) is 4.83. The van der Waals surface area contributed by atoms with E-state index < -0.39 is 52.7 Å². The summed E-state index contributed by atoms with van der Waals surface area (Å²) in [5, 5.41) is 10.5. The van der Waals surface area contributed by atoms with E-state index in [9.17, 15) is 23.1 Å². The summed E-state index contributed by atoms with van der Waals surface area (Å²) in [5.74, 6) is -3.07. The van der Waals surface area contributed by atoms with Crippen LogP contribution in [0.5, 0.6) is 0 Å². The number of nitrogens with zero attached hydrogens (tertiary/aromatic N) is 2. The minimum atomic E-state index is -0.962. The van der Waals surface area contributed by atoms with Crippen molar-refractivity contribution in [3.05, 3.63) is 82.6 Å². The quantitative estimate of drug-likeness (QED) is 0.495. The molecule has 1 aliphatic heterocycles. The van der Waals surface area contributed by atoms with E-state index in [1.54, 1.807) is 18.5 Å². The highest BCUT2D eigenvalue weighted by atomic mass is 19.1. The monoisotopic (exact) mass is 497 g/mol. The van der Waals surface area contributed by atoms with Crippen LogP contribution in [0.3, 0.4) is 0 Å². The van der Waals surface area contributed by atoms with Gasteiger partial charge in [0.05, 0.1) is 23.9 Å². The average Bonchev–Trinajstić information content (AvgIpc) is 3.67. The van der Waals surface area contributed by atoms with Gasteiger partial charge in [0.1, 0.15) is 28.8 Å². The summed E-state index contributed by atoms with van der Waals surface area (Å²) in [6.45, 7) is 1.52. The van der Waals surface area contributed by atoms with Crippen LogP contribution >= 0.6 is 0 Å². The molecular formula is C27H26F3N3O3. The Morgan fingerprint density at radius 1 is 1.14 bits per heavy atom. The number of rotatable bonds is 6.